The number of carbonyl (C=O) groups is 1. The van der Waals surface area contributed by atoms with Gasteiger partial charge in [-0.05, 0) is 41.8 Å². The first-order chi connectivity index (χ1) is 8.20. The molecule has 0 aliphatic rings. The summed E-state index contributed by atoms with van der Waals surface area (Å²) in [6, 6.07) is 1.92. The van der Waals surface area contributed by atoms with Crippen molar-refractivity contribution in [2.45, 2.75) is 31.8 Å². The minimum Gasteiger partial charge on any atom is -0.481 e. The number of unbranched alkanes of at least 4 members (excludes halogenated alkanes) is 2. The molecule has 1 unspecified atom stereocenters. The zero-order valence-electron chi connectivity index (χ0n) is 9.76. The molecule has 0 bridgehead atoms. The summed E-state index contributed by atoms with van der Waals surface area (Å²) < 4.78 is 0. The van der Waals surface area contributed by atoms with Crippen LogP contribution in [0, 0.1) is 0 Å². The second-order valence-electron chi connectivity index (χ2n) is 3.98. The van der Waals surface area contributed by atoms with Gasteiger partial charge in [0.05, 0.1) is 6.10 Å². The van der Waals surface area contributed by atoms with Crippen LogP contribution in [0.5, 0.6) is 0 Å². The third kappa shape index (κ3) is 6.41. The molecule has 1 rings (SSSR count). The van der Waals surface area contributed by atoms with Gasteiger partial charge < -0.3 is 15.5 Å². The van der Waals surface area contributed by atoms with E-state index in [-0.39, 0.29) is 6.42 Å². The average molecular weight is 257 g/mol. The Morgan fingerprint density at radius 2 is 2.24 bits per heavy atom. The van der Waals surface area contributed by atoms with E-state index in [1.165, 1.54) is 0 Å². The van der Waals surface area contributed by atoms with Gasteiger partial charge in [0.25, 0.3) is 0 Å². The molecule has 0 aliphatic carbocycles. The predicted octanol–water partition coefficient (Wildman–Crippen LogP) is 2.02. The van der Waals surface area contributed by atoms with Gasteiger partial charge >= 0.3 is 5.97 Å². The molecule has 0 radical (unpaired) electrons. The number of carboxylic acids is 1. The van der Waals surface area contributed by atoms with E-state index >= 15 is 0 Å². The highest BCUT2D eigenvalue weighted by atomic mass is 32.1. The molecule has 0 saturated carbocycles. The number of thiophene rings is 1. The monoisotopic (exact) mass is 257 g/mol. The van der Waals surface area contributed by atoms with Crippen LogP contribution >= 0.6 is 11.3 Å². The number of rotatable bonds is 9. The van der Waals surface area contributed by atoms with E-state index in [2.05, 4.69) is 5.32 Å². The van der Waals surface area contributed by atoms with Crippen LogP contribution in [0.4, 0.5) is 0 Å². The zero-order chi connectivity index (χ0) is 12.5. The van der Waals surface area contributed by atoms with Crippen LogP contribution in [0.25, 0.3) is 0 Å². The molecule has 96 valence electrons. The first-order valence-electron chi connectivity index (χ1n) is 5.83. The summed E-state index contributed by atoms with van der Waals surface area (Å²) in [6.07, 6.45) is 2.39. The molecule has 5 heteroatoms. The Kier molecular flexibility index (Phi) is 6.84. The van der Waals surface area contributed by atoms with Crippen molar-refractivity contribution in [3.8, 4) is 0 Å². The van der Waals surface area contributed by atoms with E-state index in [1.54, 1.807) is 11.3 Å². The third-order valence-corrected chi connectivity index (χ3v) is 3.21. The van der Waals surface area contributed by atoms with Gasteiger partial charge in [-0.3, -0.25) is 4.79 Å². The SMILES string of the molecule is O=C(O)CCCCCNCC(O)c1ccsc1. The van der Waals surface area contributed by atoms with Crippen LogP contribution in [0.2, 0.25) is 0 Å². The number of aliphatic hydroxyl groups is 1. The van der Waals surface area contributed by atoms with Gasteiger partial charge in [-0.1, -0.05) is 6.42 Å². The Balaban J connectivity index is 1.95. The Morgan fingerprint density at radius 3 is 2.88 bits per heavy atom. The van der Waals surface area contributed by atoms with Crippen LogP contribution < -0.4 is 5.32 Å². The van der Waals surface area contributed by atoms with Crippen molar-refractivity contribution < 1.29 is 15.0 Å². The summed E-state index contributed by atoms with van der Waals surface area (Å²) in [7, 11) is 0. The van der Waals surface area contributed by atoms with Gasteiger partial charge in [0.1, 0.15) is 0 Å². The highest BCUT2D eigenvalue weighted by molar-refractivity contribution is 7.07. The molecular formula is C12H19NO3S. The topological polar surface area (TPSA) is 69.6 Å². The molecule has 4 nitrogen and oxygen atoms in total. The quantitative estimate of drug-likeness (QED) is 0.592. The molecule has 0 aromatic carbocycles. The van der Waals surface area contributed by atoms with Crippen LogP contribution in [-0.2, 0) is 4.79 Å². The van der Waals surface area contributed by atoms with Crippen molar-refractivity contribution in [1.29, 1.82) is 0 Å². The Bertz CT molecular complexity index is 314. The van der Waals surface area contributed by atoms with E-state index in [4.69, 9.17) is 5.11 Å². The molecular weight excluding hydrogens is 238 g/mol. The lowest BCUT2D eigenvalue weighted by atomic mass is 10.2. The molecule has 1 atom stereocenters. The smallest absolute Gasteiger partial charge is 0.303 e. The minimum atomic E-state index is -0.731. The highest BCUT2D eigenvalue weighted by Gasteiger charge is 2.06. The van der Waals surface area contributed by atoms with Crippen LogP contribution in [0.3, 0.4) is 0 Å². The van der Waals surface area contributed by atoms with E-state index in [0.29, 0.717) is 6.54 Å². The summed E-state index contributed by atoms with van der Waals surface area (Å²) in [6.45, 7) is 1.37. The molecule has 0 fully saturated rings. The predicted molar refractivity (Wildman–Crippen MR) is 68.3 cm³/mol. The molecule has 0 aliphatic heterocycles. The van der Waals surface area contributed by atoms with Gasteiger partial charge in [-0.15, -0.1) is 0 Å². The summed E-state index contributed by atoms with van der Waals surface area (Å²) in [4.78, 5) is 10.3. The number of nitrogens with one attached hydrogen (secondary N) is 1. The first kappa shape index (κ1) is 14.2. The Labute approximate surface area is 105 Å². The third-order valence-electron chi connectivity index (χ3n) is 2.51. The lowest BCUT2D eigenvalue weighted by Crippen LogP contribution is -2.22. The molecule has 1 aromatic rings. The van der Waals surface area contributed by atoms with E-state index in [0.717, 1.165) is 31.4 Å². The van der Waals surface area contributed by atoms with Crippen LogP contribution in [-0.4, -0.2) is 29.3 Å². The van der Waals surface area contributed by atoms with Gasteiger partial charge in [0, 0.05) is 13.0 Å². The van der Waals surface area contributed by atoms with Gasteiger partial charge in [0.2, 0.25) is 0 Å². The molecule has 1 aromatic heterocycles. The number of aliphatic hydroxyl groups excluding tert-OH is 1. The molecule has 17 heavy (non-hydrogen) atoms. The Hall–Kier alpha value is -0.910. The number of carboxylic acid groups (broad SMARTS) is 1. The van der Waals surface area contributed by atoms with E-state index in [9.17, 15) is 9.90 Å². The number of hydrogen-bond acceptors (Lipinski definition) is 4. The molecule has 0 amide bonds. The molecule has 0 saturated heterocycles. The van der Waals surface area contributed by atoms with E-state index in [1.807, 2.05) is 16.8 Å². The fourth-order valence-electron chi connectivity index (χ4n) is 1.52. The van der Waals surface area contributed by atoms with E-state index < -0.39 is 12.1 Å². The van der Waals surface area contributed by atoms with Crippen molar-refractivity contribution in [2.75, 3.05) is 13.1 Å². The van der Waals surface area contributed by atoms with Crippen molar-refractivity contribution in [1.82, 2.24) is 5.32 Å². The van der Waals surface area contributed by atoms with Crippen molar-refractivity contribution >= 4 is 17.3 Å². The summed E-state index contributed by atoms with van der Waals surface area (Å²) in [5, 5.41) is 25.3. The van der Waals surface area contributed by atoms with Gasteiger partial charge in [-0.25, -0.2) is 0 Å². The van der Waals surface area contributed by atoms with Crippen molar-refractivity contribution in [3.63, 3.8) is 0 Å². The van der Waals surface area contributed by atoms with Crippen molar-refractivity contribution in [2.24, 2.45) is 0 Å². The molecule has 0 spiro atoms. The maximum Gasteiger partial charge on any atom is 0.303 e. The fourth-order valence-corrected chi connectivity index (χ4v) is 2.23. The average Bonchev–Trinajstić information content (AvgIpc) is 2.80. The highest BCUT2D eigenvalue weighted by Crippen LogP contribution is 2.14. The van der Waals surface area contributed by atoms with Gasteiger partial charge in [0.15, 0.2) is 0 Å². The lowest BCUT2D eigenvalue weighted by Gasteiger charge is -2.10. The maximum absolute atomic E-state index is 10.3. The minimum absolute atomic E-state index is 0.248. The number of aliphatic carboxylic acids is 1. The van der Waals surface area contributed by atoms with Crippen LogP contribution in [0.1, 0.15) is 37.4 Å². The van der Waals surface area contributed by atoms with Crippen molar-refractivity contribution in [3.05, 3.63) is 22.4 Å². The maximum atomic E-state index is 10.3. The normalized spacial score (nSPS) is 12.5. The van der Waals surface area contributed by atoms with Crippen LogP contribution in [0.15, 0.2) is 16.8 Å². The zero-order valence-corrected chi connectivity index (χ0v) is 10.6. The summed E-state index contributed by atoms with van der Waals surface area (Å²) in [5.41, 5.74) is 0.952. The largest absolute Gasteiger partial charge is 0.481 e. The second kappa shape index (κ2) is 8.22. The molecule has 3 N–H and O–H groups in total. The summed E-state index contributed by atoms with van der Waals surface area (Å²) in [5.74, 6) is -0.731. The lowest BCUT2D eigenvalue weighted by molar-refractivity contribution is -0.137. The Morgan fingerprint density at radius 1 is 1.41 bits per heavy atom. The first-order valence-corrected chi connectivity index (χ1v) is 6.77. The molecule has 1 heterocycles. The second-order valence-corrected chi connectivity index (χ2v) is 4.76. The standard InChI is InChI=1S/C12H19NO3S/c14-11(10-5-7-17-9-10)8-13-6-3-1-2-4-12(15)16/h5,7,9,11,13-14H,1-4,6,8H2,(H,15,16). The van der Waals surface area contributed by atoms with Gasteiger partial charge in [-0.2, -0.15) is 11.3 Å². The number of hydrogen-bond donors (Lipinski definition) is 3. The fraction of sp³-hybridized carbons (Fsp3) is 0.583. The summed E-state index contributed by atoms with van der Waals surface area (Å²) >= 11 is 1.58.